The zero-order chi connectivity index (χ0) is 25.5. The first-order chi connectivity index (χ1) is 17.5. The number of nitrogens with zero attached hydrogens (tertiary/aromatic N) is 3. The molecule has 1 fully saturated rings. The molecule has 1 aliphatic carbocycles. The van der Waals surface area contributed by atoms with Crippen LogP contribution in [0.1, 0.15) is 57.1 Å². The standard InChI is InChI=1S/C28H34N4O4/c1-3-4-5-9-18-31(22-12-14-24(15-13-22)36-23-10-7-6-8-11-23)28(35)32-20-25(33)30(2)26(27(32)34)21-16-17-29-19-21/h6-8,10-12,15-17,19,26,29H,3-5,9,13-14,18,20H2,1-2H3. The predicted molar refractivity (Wildman–Crippen MR) is 137 cm³/mol. The maximum atomic E-state index is 13.8. The fourth-order valence-corrected chi connectivity index (χ4v) is 4.57. The summed E-state index contributed by atoms with van der Waals surface area (Å²) in [5, 5.41) is 0. The second-order valence-electron chi connectivity index (χ2n) is 9.16. The zero-order valence-electron chi connectivity index (χ0n) is 21.0. The first kappa shape index (κ1) is 25.3. The summed E-state index contributed by atoms with van der Waals surface area (Å²) in [6, 6.07) is 10.1. The molecule has 36 heavy (non-hydrogen) atoms. The molecule has 1 unspecified atom stereocenters. The number of urea groups is 1. The fourth-order valence-electron chi connectivity index (χ4n) is 4.57. The van der Waals surface area contributed by atoms with Crippen LogP contribution < -0.4 is 4.74 Å². The van der Waals surface area contributed by atoms with Gasteiger partial charge < -0.3 is 14.6 Å². The minimum Gasteiger partial charge on any atom is -0.462 e. The average molecular weight is 491 g/mol. The highest BCUT2D eigenvalue weighted by atomic mass is 16.5. The third kappa shape index (κ3) is 5.70. The summed E-state index contributed by atoms with van der Waals surface area (Å²) in [5.74, 6) is 0.934. The smallest absolute Gasteiger partial charge is 0.331 e. The second kappa shape index (κ2) is 11.7. The lowest BCUT2D eigenvalue weighted by Gasteiger charge is -2.39. The van der Waals surface area contributed by atoms with Crippen molar-refractivity contribution < 1.29 is 19.1 Å². The highest BCUT2D eigenvalue weighted by Gasteiger charge is 2.43. The van der Waals surface area contributed by atoms with Gasteiger partial charge in [-0.05, 0) is 30.7 Å². The minimum atomic E-state index is -0.825. The van der Waals surface area contributed by atoms with Gasteiger partial charge in [0.2, 0.25) is 5.91 Å². The second-order valence-corrected chi connectivity index (χ2v) is 9.16. The summed E-state index contributed by atoms with van der Waals surface area (Å²) in [4.78, 5) is 47.1. The van der Waals surface area contributed by atoms with Gasteiger partial charge in [0.25, 0.3) is 5.91 Å². The van der Waals surface area contributed by atoms with Gasteiger partial charge in [-0.25, -0.2) is 4.79 Å². The number of hydrogen-bond acceptors (Lipinski definition) is 4. The van der Waals surface area contributed by atoms with Crippen LogP contribution in [0.15, 0.2) is 72.4 Å². The SMILES string of the molecule is CCCCCCN(C(=O)N1CC(=O)N(C)C(c2cc[nH]c2)C1=O)C1=CCC(Oc2ccccc2)=CC1. The Hall–Kier alpha value is -3.81. The van der Waals surface area contributed by atoms with E-state index in [1.165, 1.54) is 4.90 Å². The maximum absolute atomic E-state index is 13.8. The molecule has 8 nitrogen and oxygen atoms in total. The molecule has 1 aromatic heterocycles. The molecule has 2 heterocycles. The van der Waals surface area contributed by atoms with Crippen molar-refractivity contribution in [2.45, 2.75) is 51.5 Å². The third-order valence-electron chi connectivity index (χ3n) is 6.63. The highest BCUT2D eigenvalue weighted by Crippen LogP contribution is 2.29. The number of ether oxygens (including phenoxy) is 1. The van der Waals surface area contributed by atoms with Crippen LogP contribution in [0, 0.1) is 0 Å². The van der Waals surface area contributed by atoms with Crippen LogP contribution in [0.4, 0.5) is 4.79 Å². The number of piperazine rings is 1. The summed E-state index contributed by atoms with van der Waals surface area (Å²) in [6.07, 6.45) is 12.4. The summed E-state index contributed by atoms with van der Waals surface area (Å²) >= 11 is 0. The van der Waals surface area contributed by atoms with Gasteiger partial charge in [-0.1, -0.05) is 50.5 Å². The molecule has 1 N–H and O–H groups in total. The molecule has 0 bridgehead atoms. The van der Waals surface area contributed by atoms with Crippen molar-refractivity contribution in [2.24, 2.45) is 0 Å². The number of unbranched alkanes of at least 4 members (excludes halogenated alkanes) is 3. The Kier molecular flexibility index (Phi) is 8.25. The van der Waals surface area contributed by atoms with Crippen LogP contribution in [0.5, 0.6) is 5.75 Å². The summed E-state index contributed by atoms with van der Waals surface area (Å²) in [7, 11) is 1.60. The van der Waals surface area contributed by atoms with E-state index in [1.54, 1.807) is 30.4 Å². The van der Waals surface area contributed by atoms with E-state index in [0.717, 1.165) is 47.8 Å². The minimum absolute atomic E-state index is 0.258. The molecular formula is C28H34N4O4. The number of rotatable bonds is 9. The average Bonchev–Trinajstić information content (AvgIpc) is 3.42. The lowest BCUT2D eigenvalue weighted by molar-refractivity contribution is -0.152. The molecule has 4 rings (SSSR count). The number of allylic oxidation sites excluding steroid dienone is 2. The van der Waals surface area contributed by atoms with Gasteiger partial charge in [0.1, 0.15) is 24.1 Å². The quantitative estimate of drug-likeness (QED) is 0.501. The number of para-hydroxylation sites is 1. The Morgan fingerprint density at radius 3 is 2.56 bits per heavy atom. The molecule has 8 heteroatoms. The van der Waals surface area contributed by atoms with E-state index in [4.69, 9.17) is 4.74 Å². The number of carbonyl (C=O) groups excluding carboxylic acids is 3. The number of nitrogens with one attached hydrogen (secondary N) is 1. The Morgan fingerprint density at radius 2 is 1.89 bits per heavy atom. The summed E-state index contributed by atoms with van der Waals surface area (Å²) in [6.45, 7) is 2.38. The lowest BCUT2D eigenvalue weighted by atomic mass is 10.0. The van der Waals surface area contributed by atoms with Gasteiger partial charge in [-0.3, -0.25) is 19.4 Å². The highest BCUT2D eigenvalue weighted by molar-refractivity contribution is 6.05. The van der Waals surface area contributed by atoms with Gasteiger partial charge in [-0.2, -0.15) is 0 Å². The van der Waals surface area contributed by atoms with E-state index in [2.05, 4.69) is 11.9 Å². The van der Waals surface area contributed by atoms with E-state index >= 15 is 0 Å². The maximum Gasteiger partial charge on any atom is 0.331 e. The van der Waals surface area contributed by atoms with Crippen molar-refractivity contribution >= 4 is 17.8 Å². The van der Waals surface area contributed by atoms with Crippen LogP contribution in [0.2, 0.25) is 0 Å². The van der Waals surface area contributed by atoms with E-state index in [-0.39, 0.29) is 18.4 Å². The van der Waals surface area contributed by atoms with Crippen molar-refractivity contribution in [3.05, 3.63) is 78.0 Å². The van der Waals surface area contributed by atoms with Crippen molar-refractivity contribution in [1.29, 1.82) is 0 Å². The molecular weight excluding hydrogens is 456 g/mol. The molecule has 1 aromatic carbocycles. The topological polar surface area (TPSA) is 86.0 Å². The molecule has 1 aliphatic heterocycles. The predicted octanol–water partition coefficient (Wildman–Crippen LogP) is 5.00. The Morgan fingerprint density at radius 1 is 1.08 bits per heavy atom. The number of H-pyrrole nitrogens is 1. The fraction of sp³-hybridized carbons (Fsp3) is 0.393. The number of imide groups is 1. The largest absolute Gasteiger partial charge is 0.462 e. The van der Waals surface area contributed by atoms with Crippen LogP contribution in [0.25, 0.3) is 0 Å². The van der Waals surface area contributed by atoms with E-state index in [1.807, 2.05) is 42.5 Å². The monoisotopic (exact) mass is 490 g/mol. The summed E-state index contributed by atoms with van der Waals surface area (Å²) in [5.41, 5.74) is 1.49. The van der Waals surface area contributed by atoms with Crippen LogP contribution in [-0.4, -0.2) is 57.7 Å². The number of aromatic amines is 1. The number of aromatic nitrogens is 1. The van der Waals surface area contributed by atoms with Crippen LogP contribution >= 0.6 is 0 Å². The van der Waals surface area contributed by atoms with E-state index < -0.39 is 12.1 Å². The molecule has 2 aliphatic rings. The number of hydrogen-bond donors (Lipinski definition) is 1. The normalized spacial score (nSPS) is 18.1. The van der Waals surface area contributed by atoms with Crippen molar-refractivity contribution in [2.75, 3.05) is 20.1 Å². The van der Waals surface area contributed by atoms with Crippen LogP contribution in [0.3, 0.4) is 0 Å². The first-order valence-electron chi connectivity index (χ1n) is 12.6. The third-order valence-corrected chi connectivity index (χ3v) is 6.63. The van der Waals surface area contributed by atoms with Gasteiger partial charge in [-0.15, -0.1) is 0 Å². The van der Waals surface area contributed by atoms with E-state index in [9.17, 15) is 14.4 Å². The van der Waals surface area contributed by atoms with Crippen molar-refractivity contribution in [3.63, 3.8) is 0 Å². The molecule has 2 aromatic rings. The van der Waals surface area contributed by atoms with Gasteiger partial charge in [0.05, 0.1) is 0 Å². The number of likely N-dealkylation sites (N-methyl/N-ethyl adjacent to an activating group) is 1. The van der Waals surface area contributed by atoms with Gasteiger partial charge in [0, 0.05) is 50.1 Å². The van der Waals surface area contributed by atoms with Crippen LogP contribution in [-0.2, 0) is 9.59 Å². The van der Waals surface area contributed by atoms with Gasteiger partial charge in [0.15, 0.2) is 0 Å². The number of amides is 4. The molecule has 0 radical (unpaired) electrons. The Balaban J connectivity index is 1.51. The van der Waals surface area contributed by atoms with Crippen molar-refractivity contribution in [1.82, 2.24) is 19.7 Å². The zero-order valence-corrected chi connectivity index (χ0v) is 21.0. The molecule has 1 atom stereocenters. The Labute approximate surface area is 212 Å². The molecule has 1 saturated heterocycles. The van der Waals surface area contributed by atoms with E-state index in [0.29, 0.717) is 24.9 Å². The summed E-state index contributed by atoms with van der Waals surface area (Å²) < 4.78 is 5.97. The Bertz CT molecular complexity index is 1120. The number of benzene rings is 1. The lowest BCUT2D eigenvalue weighted by Crippen LogP contribution is -2.58. The molecule has 0 saturated carbocycles. The molecule has 4 amide bonds. The number of carbonyl (C=O) groups is 3. The molecule has 0 spiro atoms. The molecule has 190 valence electrons. The first-order valence-corrected chi connectivity index (χ1v) is 12.6. The van der Waals surface area contributed by atoms with Crippen molar-refractivity contribution in [3.8, 4) is 5.75 Å². The van der Waals surface area contributed by atoms with Gasteiger partial charge >= 0.3 is 6.03 Å².